The summed E-state index contributed by atoms with van der Waals surface area (Å²) in [5, 5.41) is 0. The van der Waals surface area contributed by atoms with Crippen molar-refractivity contribution in [2.24, 2.45) is 0 Å². The fourth-order valence-corrected chi connectivity index (χ4v) is 3.35. The highest BCUT2D eigenvalue weighted by molar-refractivity contribution is 7.88. The maximum absolute atomic E-state index is 12.4. The molecule has 0 radical (unpaired) electrons. The summed E-state index contributed by atoms with van der Waals surface area (Å²) >= 11 is 0. The molecule has 2 N–H and O–H groups in total. The summed E-state index contributed by atoms with van der Waals surface area (Å²) in [7, 11) is -3.44. The van der Waals surface area contributed by atoms with Gasteiger partial charge in [-0.2, -0.15) is 0 Å². The molecule has 1 saturated heterocycles. The SMILES string of the molecule is CS(=O)(=O)NCC(=O)N1CCCCC1c1cc(=O)n2ccnc2[nH]1. The second-order valence-corrected chi connectivity index (χ2v) is 7.71. The maximum atomic E-state index is 12.4. The van der Waals surface area contributed by atoms with Gasteiger partial charge in [-0.05, 0) is 19.3 Å². The standard InChI is InChI=1S/C14H19N5O4S/c1-24(22,23)16-9-13(21)18-6-3-2-4-11(18)10-8-12(20)19-7-5-15-14(19)17-10/h5,7-8,11,16H,2-4,6,9H2,1H3,(H,15,17). The smallest absolute Gasteiger partial charge is 0.259 e. The predicted molar refractivity (Wildman–Crippen MR) is 87.0 cm³/mol. The van der Waals surface area contributed by atoms with Crippen LogP contribution in [0.4, 0.5) is 0 Å². The number of sulfonamides is 1. The number of imidazole rings is 1. The summed E-state index contributed by atoms with van der Waals surface area (Å²) < 4.78 is 26.0. The molecule has 0 aliphatic carbocycles. The lowest BCUT2D eigenvalue weighted by Crippen LogP contribution is -2.44. The molecule has 130 valence electrons. The van der Waals surface area contributed by atoms with Gasteiger partial charge in [0.2, 0.25) is 21.7 Å². The van der Waals surface area contributed by atoms with E-state index in [-0.39, 0.29) is 24.1 Å². The van der Waals surface area contributed by atoms with E-state index in [0.717, 1.165) is 19.1 Å². The third-order valence-electron chi connectivity index (χ3n) is 4.08. The van der Waals surface area contributed by atoms with Crippen LogP contribution < -0.4 is 10.3 Å². The zero-order valence-electron chi connectivity index (χ0n) is 13.2. The van der Waals surface area contributed by atoms with E-state index in [1.54, 1.807) is 11.1 Å². The number of fused-ring (bicyclic) bond motifs is 1. The number of nitrogens with one attached hydrogen (secondary N) is 2. The van der Waals surface area contributed by atoms with Crippen LogP contribution >= 0.6 is 0 Å². The van der Waals surface area contributed by atoms with Gasteiger partial charge in [0, 0.05) is 30.7 Å². The van der Waals surface area contributed by atoms with Gasteiger partial charge < -0.3 is 9.88 Å². The number of aromatic nitrogens is 3. The van der Waals surface area contributed by atoms with Gasteiger partial charge in [-0.15, -0.1) is 0 Å². The summed E-state index contributed by atoms with van der Waals surface area (Å²) in [6.45, 7) is 0.238. The molecule has 1 aliphatic heterocycles. The first kappa shape index (κ1) is 16.7. The molecule has 1 unspecified atom stereocenters. The van der Waals surface area contributed by atoms with Crippen LogP contribution in [0.5, 0.6) is 0 Å². The van der Waals surface area contributed by atoms with Gasteiger partial charge in [0.05, 0.1) is 18.8 Å². The molecule has 0 bridgehead atoms. The lowest BCUT2D eigenvalue weighted by atomic mass is 9.99. The van der Waals surface area contributed by atoms with Crippen molar-refractivity contribution >= 4 is 21.7 Å². The Morgan fingerprint density at radius 3 is 3.00 bits per heavy atom. The van der Waals surface area contributed by atoms with Crippen molar-refractivity contribution < 1.29 is 13.2 Å². The Kier molecular flexibility index (Phi) is 4.41. The van der Waals surface area contributed by atoms with Crippen LogP contribution in [-0.2, 0) is 14.8 Å². The second-order valence-electron chi connectivity index (χ2n) is 5.88. The van der Waals surface area contributed by atoms with Crippen molar-refractivity contribution in [1.82, 2.24) is 24.0 Å². The molecule has 10 heteroatoms. The van der Waals surface area contributed by atoms with Crippen molar-refractivity contribution in [1.29, 1.82) is 0 Å². The number of piperidine rings is 1. The van der Waals surface area contributed by atoms with E-state index in [1.165, 1.54) is 16.7 Å². The van der Waals surface area contributed by atoms with Crippen molar-refractivity contribution in [3.63, 3.8) is 0 Å². The highest BCUT2D eigenvalue weighted by atomic mass is 32.2. The summed E-state index contributed by atoms with van der Waals surface area (Å²) in [5.74, 6) is 0.110. The quantitative estimate of drug-likeness (QED) is 0.777. The molecule has 1 aliphatic rings. The molecular formula is C14H19N5O4S. The number of aromatic amines is 1. The van der Waals surface area contributed by atoms with E-state index in [0.29, 0.717) is 24.4 Å². The van der Waals surface area contributed by atoms with Crippen LogP contribution in [0.25, 0.3) is 5.78 Å². The number of rotatable bonds is 4. The van der Waals surface area contributed by atoms with Gasteiger partial charge in [-0.3, -0.25) is 14.0 Å². The first-order chi connectivity index (χ1) is 11.3. The molecule has 1 fully saturated rings. The Morgan fingerprint density at radius 1 is 1.46 bits per heavy atom. The number of nitrogens with zero attached hydrogens (tertiary/aromatic N) is 3. The van der Waals surface area contributed by atoms with E-state index >= 15 is 0 Å². The maximum Gasteiger partial charge on any atom is 0.259 e. The minimum atomic E-state index is -3.44. The van der Waals surface area contributed by atoms with E-state index in [9.17, 15) is 18.0 Å². The lowest BCUT2D eigenvalue weighted by molar-refractivity contribution is -0.133. The average Bonchev–Trinajstić information content (AvgIpc) is 3.01. The first-order valence-electron chi connectivity index (χ1n) is 7.65. The van der Waals surface area contributed by atoms with Crippen LogP contribution in [0.15, 0.2) is 23.3 Å². The number of H-pyrrole nitrogens is 1. The molecule has 0 saturated carbocycles. The van der Waals surface area contributed by atoms with Crippen LogP contribution in [0.2, 0.25) is 0 Å². The zero-order chi connectivity index (χ0) is 17.3. The minimum Gasteiger partial charge on any atom is -0.333 e. The van der Waals surface area contributed by atoms with Gasteiger partial charge in [0.1, 0.15) is 0 Å². The molecule has 9 nitrogen and oxygen atoms in total. The fraction of sp³-hybridized carbons (Fsp3) is 0.500. The highest BCUT2D eigenvalue weighted by Gasteiger charge is 2.29. The first-order valence-corrected chi connectivity index (χ1v) is 9.55. The third-order valence-corrected chi connectivity index (χ3v) is 4.75. The molecule has 1 atom stereocenters. The van der Waals surface area contributed by atoms with Crippen LogP contribution in [-0.4, -0.2) is 52.9 Å². The van der Waals surface area contributed by atoms with Gasteiger partial charge in [-0.25, -0.2) is 18.1 Å². The van der Waals surface area contributed by atoms with Gasteiger partial charge in [0.15, 0.2) is 0 Å². The number of likely N-dealkylation sites (tertiary alicyclic amines) is 1. The average molecular weight is 353 g/mol. The normalized spacial score (nSPS) is 18.9. The Labute approximate surface area is 138 Å². The monoisotopic (exact) mass is 353 g/mol. The molecule has 2 aromatic rings. The van der Waals surface area contributed by atoms with Crippen LogP contribution in [0.1, 0.15) is 31.0 Å². The number of carbonyl (C=O) groups is 1. The van der Waals surface area contributed by atoms with Gasteiger partial charge in [0.25, 0.3) is 5.56 Å². The Bertz CT molecular complexity index is 917. The molecule has 2 aromatic heterocycles. The van der Waals surface area contributed by atoms with Crippen molar-refractivity contribution in [3.05, 3.63) is 34.5 Å². The molecule has 0 spiro atoms. The van der Waals surface area contributed by atoms with Crippen LogP contribution in [0.3, 0.4) is 0 Å². The van der Waals surface area contributed by atoms with Crippen molar-refractivity contribution in [2.75, 3.05) is 19.3 Å². The summed E-state index contributed by atoms with van der Waals surface area (Å²) in [6.07, 6.45) is 6.58. The Morgan fingerprint density at radius 2 is 2.25 bits per heavy atom. The number of carbonyl (C=O) groups excluding carboxylic acids is 1. The third kappa shape index (κ3) is 3.49. The van der Waals surface area contributed by atoms with E-state index in [2.05, 4.69) is 14.7 Å². The van der Waals surface area contributed by atoms with E-state index < -0.39 is 10.0 Å². The van der Waals surface area contributed by atoms with Crippen molar-refractivity contribution in [3.8, 4) is 0 Å². The largest absolute Gasteiger partial charge is 0.333 e. The molecule has 3 heterocycles. The molecule has 0 aromatic carbocycles. The highest BCUT2D eigenvalue weighted by Crippen LogP contribution is 2.29. The zero-order valence-corrected chi connectivity index (χ0v) is 14.0. The topological polar surface area (TPSA) is 117 Å². The summed E-state index contributed by atoms with van der Waals surface area (Å²) in [5.41, 5.74) is 0.398. The molecule has 3 rings (SSSR count). The van der Waals surface area contributed by atoms with Crippen LogP contribution in [0, 0.1) is 0 Å². The van der Waals surface area contributed by atoms with Crippen molar-refractivity contribution in [2.45, 2.75) is 25.3 Å². The van der Waals surface area contributed by atoms with Gasteiger partial charge >= 0.3 is 0 Å². The molecule has 24 heavy (non-hydrogen) atoms. The summed E-state index contributed by atoms with van der Waals surface area (Å²) in [4.78, 5) is 33.4. The van der Waals surface area contributed by atoms with E-state index in [4.69, 9.17) is 0 Å². The van der Waals surface area contributed by atoms with E-state index in [1.807, 2.05) is 0 Å². The Balaban J connectivity index is 1.88. The lowest BCUT2D eigenvalue weighted by Gasteiger charge is -2.35. The minimum absolute atomic E-state index is 0.219. The second kappa shape index (κ2) is 6.36. The molecule has 1 amide bonds. The number of amides is 1. The fourth-order valence-electron chi connectivity index (χ4n) is 2.97. The predicted octanol–water partition coefficient (Wildman–Crippen LogP) is -0.375. The Hall–Kier alpha value is -2.20. The van der Waals surface area contributed by atoms with Gasteiger partial charge in [-0.1, -0.05) is 0 Å². The number of hydrogen-bond donors (Lipinski definition) is 2. The summed E-state index contributed by atoms with van der Waals surface area (Å²) in [6, 6.07) is 1.18. The number of hydrogen-bond acceptors (Lipinski definition) is 5. The molecular weight excluding hydrogens is 334 g/mol.